The van der Waals surface area contributed by atoms with Crippen molar-refractivity contribution >= 4 is 11.9 Å². The average Bonchev–Trinajstić information content (AvgIpc) is 2.94. The molecule has 0 amide bonds. The Hall–Kier alpha value is -1.66. The standard InChI is InChI=1S/C31H52O6/c1-5-7-8-9-25-10-12-26(13-11-25)27-14-16-28(17-15-27)31(18-6-2,21-36-29(34)23(3)19-32)22-37-30(35)24(4)20-33/h25-28,32-33H,3-22H2,1-2H3. The van der Waals surface area contributed by atoms with Crippen LogP contribution >= 0.6 is 0 Å². The summed E-state index contributed by atoms with van der Waals surface area (Å²) < 4.78 is 11.2. The Bertz CT molecular complexity index is 696. The molecule has 6 nitrogen and oxygen atoms in total. The zero-order valence-corrected chi connectivity index (χ0v) is 23.5. The van der Waals surface area contributed by atoms with Crippen LogP contribution < -0.4 is 0 Å². The highest BCUT2D eigenvalue weighted by atomic mass is 16.5. The molecule has 6 heteroatoms. The minimum atomic E-state index is -0.613. The fourth-order valence-electron chi connectivity index (χ4n) is 6.71. The van der Waals surface area contributed by atoms with Crippen molar-refractivity contribution in [2.45, 2.75) is 104 Å². The lowest BCUT2D eigenvalue weighted by Gasteiger charge is -2.45. The first-order valence-corrected chi connectivity index (χ1v) is 14.7. The molecule has 0 unspecified atom stereocenters. The van der Waals surface area contributed by atoms with Crippen LogP contribution in [0.25, 0.3) is 0 Å². The van der Waals surface area contributed by atoms with Crippen LogP contribution in [0.2, 0.25) is 0 Å². The Morgan fingerprint density at radius 3 is 1.68 bits per heavy atom. The molecular weight excluding hydrogens is 468 g/mol. The third kappa shape index (κ3) is 9.55. The molecule has 0 aromatic carbocycles. The molecule has 37 heavy (non-hydrogen) atoms. The summed E-state index contributed by atoms with van der Waals surface area (Å²) in [6.07, 6.45) is 16.9. The van der Waals surface area contributed by atoms with Crippen LogP contribution in [0.3, 0.4) is 0 Å². The van der Waals surface area contributed by atoms with Gasteiger partial charge in [0.15, 0.2) is 0 Å². The van der Waals surface area contributed by atoms with Gasteiger partial charge in [-0.3, -0.25) is 0 Å². The normalized spacial score (nSPS) is 24.3. The first-order valence-electron chi connectivity index (χ1n) is 14.7. The van der Waals surface area contributed by atoms with Crippen LogP contribution in [-0.2, 0) is 19.1 Å². The zero-order chi connectivity index (χ0) is 27.3. The topological polar surface area (TPSA) is 93.1 Å². The first-order chi connectivity index (χ1) is 17.8. The molecule has 0 spiro atoms. The summed E-state index contributed by atoms with van der Waals surface area (Å²) in [5.74, 6) is 1.53. The maximum Gasteiger partial charge on any atom is 0.335 e. The van der Waals surface area contributed by atoms with E-state index in [-0.39, 0.29) is 30.3 Å². The minimum absolute atomic E-state index is 0.0186. The molecule has 0 heterocycles. The van der Waals surface area contributed by atoms with Gasteiger partial charge in [0.25, 0.3) is 0 Å². The van der Waals surface area contributed by atoms with Crippen molar-refractivity contribution in [3.63, 3.8) is 0 Å². The summed E-state index contributed by atoms with van der Waals surface area (Å²) in [5, 5.41) is 18.5. The summed E-state index contributed by atoms with van der Waals surface area (Å²) in [7, 11) is 0. The van der Waals surface area contributed by atoms with E-state index < -0.39 is 30.6 Å². The van der Waals surface area contributed by atoms with Crippen LogP contribution in [0, 0.1) is 29.1 Å². The molecule has 2 N–H and O–H groups in total. The molecular formula is C31H52O6. The van der Waals surface area contributed by atoms with Gasteiger partial charge >= 0.3 is 11.9 Å². The molecule has 2 aliphatic rings. The van der Waals surface area contributed by atoms with Gasteiger partial charge in [-0.05, 0) is 68.6 Å². The van der Waals surface area contributed by atoms with E-state index in [2.05, 4.69) is 27.0 Å². The van der Waals surface area contributed by atoms with Crippen molar-refractivity contribution in [3.05, 3.63) is 24.3 Å². The number of carbonyl (C=O) groups excluding carboxylic acids is 2. The molecule has 2 fully saturated rings. The number of hydrogen-bond acceptors (Lipinski definition) is 6. The second kappa shape index (κ2) is 16.3. The van der Waals surface area contributed by atoms with Gasteiger partial charge in [-0.2, -0.15) is 0 Å². The van der Waals surface area contributed by atoms with Gasteiger partial charge in [0.2, 0.25) is 0 Å². The highest BCUT2D eigenvalue weighted by Gasteiger charge is 2.43. The van der Waals surface area contributed by atoms with E-state index in [1.165, 1.54) is 51.4 Å². The van der Waals surface area contributed by atoms with Crippen LogP contribution in [0.1, 0.15) is 104 Å². The highest BCUT2D eigenvalue weighted by molar-refractivity contribution is 5.88. The van der Waals surface area contributed by atoms with Crippen molar-refractivity contribution < 1.29 is 29.3 Å². The summed E-state index contributed by atoms with van der Waals surface area (Å²) >= 11 is 0. The van der Waals surface area contributed by atoms with Gasteiger partial charge in [-0.25, -0.2) is 9.59 Å². The Balaban J connectivity index is 2.03. The monoisotopic (exact) mass is 520 g/mol. The van der Waals surface area contributed by atoms with Gasteiger partial charge in [0.05, 0.1) is 24.4 Å². The lowest BCUT2D eigenvalue weighted by atomic mass is 9.62. The van der Waals surface area contributed by atoms with Crippen molar-refractivity contribution in [2.24, 2.45) is 29.1 Å². The number of aliphatic hydroxyl groups excluding tert-OH is 2. The third-order valence-electron chi connectivity index (χ3n) is 9.10. The lowest BCUT2D eigenvalue weighted by molar-refractivity contribution is -0.155. The molecule has 0 aromatic heterocycles. The van der Waals surface area contributed by atoms with Crippen molar-refractivity contribution in [1.29, 1.82) is 0 Å². The van der Waals surface area contributed by atoms with E-state index in [0.717, 1.165) is 56.3 Å². The number of carbonyl (C=O) groups is 2. The number of rotatable bonds is 16. The van der Waals surface area contributed by atoms with Crippen molar-refractivity contribution in [3.8, 4) is 0 Å². The molecule has 2 aliphatic carbocycles. The van der Waals surface area contributed by atoms with E-state index >= 15 is 0 Å². The molecule has 0 bridgehead atoms. The summed E-state index contributed by atoms with van der Waals surface area (Å²) in [4.78, 5) is 24.7. The average molecular weight is 521 g/mol. The largest absolute Gasteiger partial charge is 0.462 e. The second-order valence-electron chi connectivity index (χ2n) is 11.7. The second-order valence-corrected chi connectivity index (χ2v) is 11.7. The quantitative estimate of drug-likeness (QED) is 0.144. The maximum atomic E-state index is 12.3. The van der Waals surface area contributed by atoms with Crippen LogP contribution in [0.4, 0.5) is 0 Å². The van der Waals surface area contributed by atoms with Gasteiger partial charge < -0.3 is 19.7 Å². The third-order valence-corrected chi connectivity index (χ3v) is 9.10. The van der Waals surface area contributed by atoms with Gasteiger partial charge in [0.1, 0.15) is 13.2 Å². The predicted octanol–water partition coefficient (Wildman–Crippen LogP) is 6.15. The molecule has 0 saturated heterocycles. The van der Waals surface area contributed by atoms with Gasteiger partial charge in [0, 0.05) is 5.41 Å². The number of aliphatic hydroxyl groups is 2. The summed E-state index contributed by atoms with van der Waals surface area (Å²) in [6.45, 7) is 10.9. The van der Waals surface area contributed by atoms with E-state index in [1.54, 1.807) is 0 Å². The fourth-order valence-corrected chi connectivity index (χ4v) is 6.71. The predicted molar refractivity (Wildman–Crippen MR) is 147 cm³/mol. The Morgan fingerprint density at radius 2 is 1.24 bits per heavy atom. The van der Waals surface area contributed by atoms with E-state index in [9.17, 15) is 19.8 Å². The highest BCUT2D eigenvalue weighted by Crippen LogP contribution is 2.48. The molecule has 212 valence electrons. The van der Waals surface area contributed by atoms with E-state index in [0.29, 0.717) is 0 Å². The molecule has 2 saturated carbocycles. The maximum absolute atomic E-state index is 12.3. The Morgan fingerprint density at radius 1 is 0.757 bits per heavy atom. The number of esters is 2. The first kappa shape index (κ1) is 31.6. The van der Waals surface area contributed by atoms with Crippen molar-refractivity contribution in [1.82, 2.24) is 0 Å². The van der Waals surface area contributed by atoms with Crippen LogP contribution in [0.15, 0.2) is 24.3 Å². The molecule has 0 aromatic rings. The Kier molecular flexibility index (Phi) is 13.9. The number of hydrogen-bond donors (Lipinski definition) is 2. The van der Waals surface area contributed by atoms with Gasteiger partial charge in [-0.1, -0.05) is 72.0 Å². The fraction of sp³-hybridized carbons (Fsp3) is 0.806. The molecule has 0 radical (unpaired) electrons. The molecule has 2 rings (SSSR count). The van der Waals surface area contributed by atoms with Crippen LogP contribution in [-0.4, -0.2) is 48.6 Å². The number of unbranched alkanes of at least 4 members (excludes halogenated alkanes) is 2. The molecule has 0 atom stereocenters. The summed E-state index contributed by atoms with van der Waals surface area (Å²) in [6, 6.07) is 0. The SMILES string of the molecule is C=C(CO)C(=O)OCC(CCC)(COC(=O)C(=C)CO)C1CCC(C2CCC(CCCCC)CC2)CC1. The van der Waals surface area contributed by atoms with Crippen LogP contribution in [0.5, 0.6) is 0 Å². The minimum Gasteiger partial charge on any atom is -0.462 e. The lowest BCUT2D eigenvalue weighted by Crippen LogP contribution is -2.43. The van der Waals surface area contributed by atoms with E-state index in [1.807, 2.05) is 0 Å². The summed E-state index contributed by atoms with van der Waals surface area (Å²) in [5.41, 5.74) is -0.469. The van der Waals surface area contributed by atoms with Crippen molar-refractivity contribution in [2.75, 3.05) is 26.4 Å². The Labute approximate surface area is 224 Å². The van der Waals surface area contributed by atoms with E-state index in [4.69, 9.17) is 9.47 Å². The van der Waals surface area contributed by atoms with Gasteiger partial charge in [-0.15, -0.1) is 0 Å². The number of ether oxygens (including phenoxy) is 2. The molecule has 0 aliphatic heterocycles. The zero-order valence-electron chi connectivity index (χ0n) is 23.5. The smallest absolute Gasteiger partial charge is 0.335 e.